The number of nitrogens with one attached hydrogen (secondary N) is 1. The Morgan fingerprint density at radius 1 is 1.37 bits per heavy atom. The second-order valence-corrected chi connectivity index (χ2v) is 6.93. The van der Waals surface area contributed by atoms with E-state index in [1.807, 2.05) is 0 Å². The first-order valence-electron chi connectivity index (χ1n) is 8.27. The van der Waals surface area contributed by atoms with Crippen LogP contribution in [0.5, 0.6) is 0 Å². The van der Waals surface area contributed by atoms with E-state index in [2.05, 4.69) is 10.3 Å². The Hall–Kier alpha value is -2.29. The molecule has 6 nitrogen and oxygen atoms in total. The highest BCUT2D eigenvalue weighted by atomic mass is 35.5. The third-order valence-electron chi connectivity index (χ3n) is 3.94. The molecule has 1 amide bonds. The van der Waals surface area contributed by atoms with Gasteiger partial charge in [0.1, 0.15) is 11.7 Å². The number of rotatable bonds is 6. The SMILES string of the molecule is CCc1nc2c(Cl)cc(C(F)(F)F)cn2c1C(=O)NC(CC(C)C)C(=O)O. The second kappa shape index (κ2) is 7.75. The van der Waals surface area contributed by atoms with E-state index >= 15 is 0 Å². The van der Waals surface area contributed by atoms with Gasteiger partial charge in [-0.25, -0.2) is 9.78 Å². The van der Waals surface area contributed by atoms with Crippen LogP contribution in [-0.4, -0.2) is 32.4 Å². The van der Waals surface area contributed by atoms with Crippen LogP contribution in [0.15, 0.2) is 12.3 Å². The molecule has 1 unspecified atom stereocenters. The van der Waals surface area contributed by atoms with Crippen molar-refractivity contribution in [1.82, 2.24) is 14.7 Å². The van der Waals surface area contributed by atoms with Crippen LogP contribution in [0.3, 0.4) is 0 Å². The molecule has 0 aliphatic rings. The van der Waals surface area contributed by atoms with Gasteiger partial charge in [0, 0.05) is 6.20 Å². The van der Waals surface area contributed by atoms with Gasteiger partial charge in [-0.2, -0.15) is 13.2 Å². The lowest BCUT2D eigenvalue weighted by Gasteiger charge is -2.17. The number of halogens is 4. The fourth-order valence-electron chi connectivity index (χ4n) is 2.71. The van der Waals surface area contributed by atoms with Gasteiger partial charge in [-0.1, -0.05) is 32.4 Å². The number of carbonyl (C=O) groups is 2. The van der Waals surface area contributed by atoms with Crippen molar-refractivity contribution in [3.05, 3.63) is 34.2 Å². The normalized spacial score (nSPS) is 13.2. The van der Waals surface area contributed by atoms with Crippen molar-refractivity contribution < 1.29 is 27.9 Å². The topological polar surface area (TPSA) is 83.7 Å². The van der Waals surface area contributed by atoms with Gasteiger partial charge in [-0.3, -0.25) is 9.20 Å². The number of fused-ring (bicyclic) bond motifs is 1. The molecule has 10 heteroatoms. The number of hydrogen-bond acceptors (Lipinski definition) is 3. The van der Waals surface area contributed by atoms with Crippen LogP contribution in [0.25, 0.3) is 5.65 Å². The highest BCUT2D eigenvalue weighted by molar-refractivity contribution is 6.33. The largest absolute Gasteiger partial charge is 0.480 e. The van der Waals surface area contributed by atoms with Gasteiger partial charge in [0.05, 0.1) is 16.3 Å². The predicted molar refractivity (Wildman–Crippen MR) is 92.9 cm³/mol. The Labute approximate surface area is 158 Å². The number of imidazole rings is 1. The van der Waals surface area contributed by atoms with Crippen LogP contribution in [0.2, 0.25) is 5.02 Å². The maximum absolute atomic E-state index is 13.1. The van der Waals surface area contributed by atoms with E-state index < -0.39 is 29.7 Å². The van der Waals surface area contributed by atoms with Gasteiger partial charge in [0.25, 0.3) is 5.91 Å². The van der Waals surface area contributed by atoms with E-state index in [0.717, 1.165) is 16.7 Å². The van der Waals surface area contributed by atoms with Crippen molar-refractivity contribution in [2.45, 2.75) is 45.8 Å². The number of alkyl halides is 3. The first-order valence-corrected chi connectivity index (χ1v) is 8.64. The monoisotopic (exact) mass is 405 g/mol. The number of amides is 1. The van der Waals surface area contributed by atoms with Gasteiger partial charge < -0.3 is 10.4 Å². The van der Waals surface area contributed by atoms with Crippen LogP contribution in [0.1, 0.15) is 48.9 Å². The molecule has 2 heterocycles. The lowest BCUT2D eigenvalue weighted by atomic mass is 10.0. The van der Waals surface area contributed by atoms with E-state index in [9.17, 15) is 27.9 Å². The molecule has 2 aromatic heterocycles. The summed E-state index contributed by atoms with van der Waals surface area (Å²) in [6.45, 7) is 5.27. The zero-order chi connectivity index (χ0) is 20.5. The molecule has 0 saturated heterocycles. The third-order valence-corrected chi connectivity index (χ3v) is 4.21. The molecule has 0 saturated carbocycles. The van der Waals surface area contributed by atoms with Crippen molar-refractivity contribution in [3.8, 4) is 0 Å². The molecule has 0 aromatic carbocycles. The standard InChI is InChI=1S/C17H19ClF3N3O3/c1-4-11-13(15(25)23-12(16(26)27)5-8(2)3)24-7-9(17(19,20)21)6-10(18)14(24)22-11/h6-8,12H,4-5H2,1-3H3,(H,23,25)(H,26,27). The Morgan fingerprint density at radius 2 is 2.00 bits per heavy atom. The number of carboxylic acids is 1. The summed E-state index contributed by atoms with van der Waals surface area (Å²) in [5.41, 5.74) is -0.966. The highest BCUT2D eigenvalue weighted by Gasteiger charge is 2.33. The van der Waals surface area contributed by atoms with E-state index in [-0.39, 0.29) is 40.8 Å². The molecule has 0 fully saturated rings. The molecule has 0 spiro atoms. The summed E-state index contributed by atoms with van der Waals surface area (Å²) >= 11 is 5.93. The molecule has 0 bridgehead atoms. The third kappa shape index (κ3) is 4.52. The fourth-order valence-corrected chi connectivity index (χ4v) is 2.96. The number of aryl methyl sites for hydroxylation is 1. The van der Waals surface area contributed by atoms with Gasteiger partial charge in [-0.05, 0) is 24.8 Å². The maximum Gasteiger partial charge on any atom is 0.417 e. The lowest BCUT2D eigenvalue weighted by Crippen LogP contribution is -2.42. The number of aliphatic carboxylic acids is 1. The molecule has 2 aromatic rings. The molecule has 148 valence electrons. The van der Waals surface area contributed by atoms with Crippen LogP contribution in [0, 0.1) is 5.92 Å². The summed E-state index contributed by atoms with van der Waals surface area (Å²) < 4.78 is 40.3. The number of carboxylic acid groups (broad SMARTS) is 1. The Balaban J connectivity index is 2.56. The number of hydrogen-bond donors (Lipinski definition) is 2. The first-order chi connectivity index (χ1) is 12.5. The van der Waals surface area contributed by atoms with Crippen molar-refractivity contribution >= 4 is 29.1 Å². The minimum atomic E-state index is -4.66. The van der Waals surface area contributed by atoms with E-state index in [1.54, 1.807) is 20.8 Å². The average Bonchev–Trinajstić information content (AvgIpc) is 2.92. The highest BCUT2D eigenvalue weighted by Crippen LogP contribution is 2.33. The summed E-state index contributed by atoms with van der Waals surface area (Å²) in [6, 6.07) is -0.432. The number of carbonyl (C=O) groups excluding carboxylic acids is 1. The Kier molecular flexibility index (Phi) is 6.04. The molecule has 2 rings (SSSR count). The number of nitrogens with zero attached hydrogens (tertiary/aromatic N) is 2. The van der Waals surface area contributed by atoms with Gasteiger partial charge in [0.2, 0.25) is 0 Å². The van der Waals surface area contributed by atoms with Crippen molar-refractivity contribution in [2.75, 3.05) is 0 Å². The molecular weight excluding hydrogens is 387 g/mol. The summed E-state index contributed by atoms with van der Waals surface area (Å²) in [5.74, 6) is -2.05. The minimum absolute atomic E-state index is 0.00222. The molecule has 0 aliphatic carbocycles. The van der Waals surface area contributed by atoms with Crippen LogP contribution in [-0.2, 0) is 17.4 Å². The maximum atomic E-state index is 13.1. The van der Waals surface area contributed by atoms with Crippen molar-refractivity contribution in [1.29, 1.82) is 0 Å². The molecule has 27 heavy (non-hydrogen) atoms. The van der Waals surface area contributed by atoms with Crippen molar-refractivity contribution in [3.63, 3.8) is 0 Å². The van der Waals surface area contributed by atoms with Crippen LogP contribution >= 0.6 is 11.6 Å². The molecule has 2 N–H and O–H groups in total. The fraction of sp³-hybridized carbons (Fsp3) is 0.471. The first kappa shape index (κ1) is 21.0. The Bertz CT molecular complexity index is 878. The molecule has 1 atom stereocenters. The van der Waals surface area contributed by atoms with Crippen LogP contribution in [0.4, 0.5) is 13.2 Å². The lowest BCUT2D eigenvalue weighted by molar-refractivity contribution is -0.140. The molecule has 0 radical (unpaired) electrons. The zero-order valence-corrected chi connectivity index (χ0v) is 15.6. The number of pyridine rings is 1. The van der Waals surface area contributed by atoms with Gasteiger partial charge in [-0.15, -0.1) is 0 Å². The quantitative estimate of drug-likeness (QED) is 0.765. The summed E-state index contributed by atoms with van der Waals surface area (Å²) in [5, 5.41) is 11.4. The van der Waals surface area contributed by atoms with E-state index in [0.29, 0.717) is 0 Å². The van der Waals surface area contributed by atoms with E-state index in [4.69, 9.17) is 11.6 Å². The minimum Gasteiger partial charge on any atom is -0.480 e. The van der Waals surface area contributed by atoms with E-state index in [1.165, 1.54) is 0 Å². The molecule has 0 aliphatic heterocycles. The Morgan fingerprint density at radius 3 is 2.48 bits per heavy atom. The average molecular weight is 406 g/mol. The zero-order valence-electron chi connectivity index (χ0n) is 14.9. The van der Waals surface area contributed by atoms with Gasteiger partial charge in [0.15, 0.2) is 5.65 Å². The summed E-state index contributed by atoms with van der Waals surface area (Å²) in [6.07, 6.45) is -3.50. The molecular formula is C17H19ClF3N3O3. The van der Waals surface area contributed by atoms with Crippen LogP contribution < -0.4 is 5.32 Å². The van der Waals surface area contributed by atoms with Crippen molar-refractivity contribution in [2.24, 2.45) is 5.92 Å². The second-order valence-electron chi connectivity index (χ2n) is 6.52. The summed E-state index contributed by atoms with van der Waals surface area (Å²) in [7, 11) is 0. The summed E-state index contributed by atoms with van der Waals surface area (Å²) in [4.78, 5) is 28.2. The van der Waals surface area contributed by atoms with Gasteiger partial charge >= 0.3 is 12.1 Å². The smallest absolute Gasteiger partial charge is 0.417 e. The number of aromatic nitrogens is 2. The predicted octanol–water partition coefficient (Wildman–Crippen LogP) is 3.80.